The first-order valence-corrected chi connectivity index (χ1v) is 9.33. The molecule has 0 fully saturated rings. The minimum atomic E-state index is -4.47. The predicted molar refractivity (Wildman–Crippen MR) is 98.3 cm³/mol. The number of fused-ring (bicyclic) bond motifs is 1. The van der Waals surface area contributed by atoms with Gasteiger partial charge in [0.2, 0.25) is 5.78 Å². The van der Waals surface area contributed by atoms with Crippen LogP contribution in [0.25, 0.3) is 6.08 Å². The van der Waals surface area contributed by atoms with Crippen molar-refractivity contribution in [2.24, 2.45) is 4.99 Å². The average molecular weight is 385 g/mol. The molecule has 2 N–H and O–H groups in total. The maximum absolute atomic E-state index is 12.5. The van der Waals surface area contributed by atoms with Crippen LogP contribution in [-0.4, -0.2) is 35.5 Å². The maximum atomic E-state index is 12.5. The van der Waals surface area contributed by atoms with E-state index in [1.54, 1.807) is 37.3 Å². The number of hydrogen-bond acceptors (Lipinski definition) is 5. The van der Waals surface area contributed by atoms with Crippen LogP contribution in [0.4, 0.5) is 0 Å². The van der Waals surface area contributed by atoms with Crippen molar-refractivity contribution in [3.8, 4) is 0 Å². The summed E-state index contributed by atoms with van der Waals surface area (Å²) in [5.41, 5.74) is 1.36. The lowest BCUT2D eigenvalue weighted by Gasteiger charge is -2.16. The summed E-state index contributed by atoms with van der Waals surface area (Å²) in [7, 11) is -4.47. The van der Waals surface area contributed by atoms with Gasteiger partial charge in [-0.3, -0.25) is 14.3 Å². The molecule has 2 aromatic carbocycles. The van der Waals surface area contributed by atoms with Gasteiger partial charge in [0.25, 0.3) is 10.1 Å². The monoisotopic (exact) mass is 385 g/mol. The van der Waals surface area contributed by atoms with Gasteiger partial charge in [-0.2, -0.15) is 8.42 Å². The summed E-state index contributed by atoms with van der Waals surface area (Å²) in [6, 6.07) is 11.2. The maximum Gasteiger partial charge on any atom is 0.339 e. The Morgan fingerprint density at radius 2 is 1.85 bits per heavy atom. The second-order valence-electron chi connectivity index (χ2n) is 6.03. The smallest absolute Gasteiger partial charge is 0.339 e. The van der Waals surface area contributed by atoms with Gasteiger partial charge in [0.15, 0.2) is 0 Å². The highest BCUT2D eigenvalue weighted by Gasteiger charge is 2.29. The second-order valence-corrected chi connectivity index (χ2v) is 7.42. The van der Waals surface area contributed by atoms with Gasteiger partial charge in [-0.25, -0.2) is 4.79 Å². The number of carboxylic acids is 1. The Labute approximate surface area is 155 Å². The van der Waals surface area contributed by atoms with Crippen molar-refractivity contribution in [1.29, 1.82) is 0 Å². The van der Waals surface area contributed by atoms with Crippen LogP contribution in [0, 0.1) is 6.92 Å². The zero-order valence-corrected chi connectivity index (χ0v) is 15.0. The first kappa shape index (κ1) is 18.7. The number of carbonyl (C=O) groups is 2. The molecule has 0 saturated carbocycles. The van der Waals surface area contributed by atoms with Gasteiger partial charge in [-0.05, 0) is 35.8 Å². The third-order valence-corrected chi connectivity index (χ3v) is 5.05. The SMILES string of the molecule is Cc1ccc(CN=C2C(=O)C(C(=O)O)=Cc3ccccc32)c(S(=O)(=O)O)c1. The molecule has 0 aliphatic heterocycles. The van der Waals surface area contributed by atoms with Crippen molar-refractivity contribution in [1.82, 2.24) is 0 Å². The van der Waals surface area contributed by atoms with E-state index >= 15 is 0 Å². The summed E-state index contributed by atoms with van der Waals surface area (Å²) in [5, 5.41) is 9.26. The van der Waals surface area contributed by atoms with Gasteiger partial charge >= 0.3 is 5.97 Å². The van der Waals surface area contributed by atoms with Crippen LogP contribution in [0.1, 0.15) is 22.3 Å². The Hall–Kier alpha value is -3.10. The molecule has 1 aliphatic carbocycles. The molecule has 0 amide bonds. The Morgan fingerprint density at radius 1 is 1.15 bits per heavy atom. The fourth-order valence-corrected chi connectivity index (χ4v) is 3.62. The van der Waals surface area contributed by atoms with Crippen LogP contribution in [-0.2, 0) is 26.3 Å². The summed E-state index contributed by atoms with van der Waals surface area (Å²) in [5.74, 6) is -2.11. The van der Waals surface area contributed by atoms with Crippen molar-refractivity contribution in [3.63, 3.8) is 0 Å². The molecule has 0 spiro atoms. The summed E-state index contributed by atoms with van der Waals surface area (Å²) in [6.07, 6.45) is 1.29. The van der Waals surface area contributed by atoms with Crippen LogP contribution < -0.4 is 0 Å². The lowest BCUT2D eigenvalue weighted by Crippen LogP contribution is -2.26. The molecule has 0 bridgehead atoms. The normalized spacial score (nSPS) is 15.4. The molecule has 27 heavy (non-hydrogen) atoms. The molecule has 0 atom stereocenters. The quantitative estimate of drug-likeness (QED) is 0.615. The van der Waals surface area contributed by atoms with Crippen molar-refractivity contribution in [2.45, 2.75) is 18.4 Å². The standard InChI is InChI=1S/C19H15NO6S/c1-11-6-7-13(16(8-11)27(24,25)26)10-20-17-14-5-3-2-4-12(14)9-15(18(17)21)19(22)23/h2-9H,10H2,1H3,(H,22,23)(H,24,25,26). The molecule has 2 aromatic rings. The van der Waals surface area contributed by atoms with E-state index in [9.17, 15) is 27.7 Å². The van der Waals surface area contributed by atoms with Gasteiger partial charge in [-0.15, -0.1) is 0 Å². The zero-order valence-electron chi connectivity index (χ0n) is 14.2. The van der Waals surface area contributed by atoms with E-state index in [0.29, 0.717) is 16.7 Å². The molecule has 3 rings (SSSR count). The van der Waals surface area contributed by atoms with Gasteiger partial charge in [-0.1, -0.05) is 36.4 Å². The number of aryl methyl sites for hydroxylation is 1. The van der Waals surface area contributed by atoms with Gasteiger partial charge in [0.05, 0.1) is 11.4 Å². The highest BCUT2D eigenvalue weighted by atomic mass is 32.2. The van der Waals surface area contributed by atoms with Crippen molar-refractivity contribution in [3.05, 3.63) is 70.3 Å². The molecule has 1 aliphatic rings. The van der Waals surface area contributed by atoms with E-state index in [1.165, 1.54) is 18.2 Å². The Kier molecular flexibility index (Phi) is 4.77. The highest BCUT2D eigenvalue weighted by Crippen LogP contribution is 2.24. The van der Waals surface area contributed by atoms with Crippen LogP contribution in [0.3, 0.4) is 0 Å². The highest BCUT2D eigenvalue weighted by molar-refractivity contribution is 7.85. The third-order valence-electron chi connectivity index (χ3n) is 4.11. The van der Waals surface area contributed by atoms with E-state index in [1.807, 2.05) is 0 Å². The Balaban J connectivity index is 2.10. The summed E-state index contributed by atoms with van der Waals surface area (Å²) in [6.45, 7) is 1.47. The molecule has 0 unspecified atom stereocenters. The second kappa shape index (κ2) is 6.90. The minimum absolute atomic E-state index is 0.0626. The molecule has 0 saturated heterocycles. The van der Waals surface area contributed by atoms with E-state index in [2.05, 4.69) is 4.99 Å². The molecular formula is C19H15NO6S. The van der Waals surface area contributed by atoms with Gasteiger partial charge < -0.3 is 5.11 Å². The van der Waals surface area contributed by atoms with Crippen LogP contribution >= 0.6 is 0 Å². The Bertz CT molecular complexity index is 1130. The number of benzene rings is 2. The first-order chi connectivity index (χ1) is 12.7. The van der Waals surface area contributed by atoms with Crippen LogP contribution in [0.5, 0.6) is 0 Å². The van der Waals surface area contributed by atoms with E-state index in [0.717, 1.165) is 0 Å². The van der Waals surface area contributed by atoms with Gasteiger partial charge in [0, 0.05) is 5.56 Å². The Morgan fingerprint density at radius 3 is 2.52 bits per heavy atom. The predicted octanol–water partition coefficient (Wildman–Crippen LogP) is 2.28. The number of aliphatic carboxylic acids is 1. The molecular weight excluding hydrogens is 370 g/mol. The molecule has 8 heteroatoms. The fraction of sp³-hybridized carbons (Fsp3) is 0.105. The largest absolute Gasteiger partial charge is 0.478 e. The molecule has 0 heterocycles. The van der Waals surface area contributed by atoms with E-state index in [4.69, 9.17) is 0 Å². The molecule has 0 aromatic heterocycles. The summed E-state index contributed by atoms with van der Waals surface area (Å²) < 4.78 is 32.7. The number of hydrogen-bond donors (Lipinski definition) is 2. The summed E-state index contributed by atoms with van der Waals surface area (Å²) in [4.78, 5) is 27.8. The minimum Gasteiger partial charge on any atom is -0.478 e. The number of nitrogens with zero attached hydrogens (tertiary/aromatic N) is 1. The number of carbonyl (C=O) groups excluding carboxylic acids is 1. The van der Waals surface area contributed by atoms with Crippen molar-refractivity contribution < 1.29 is 27.7 Å². The number of Topliss-reactive ketones (excluding diaryl/α,β-unsaturated/α-hetero) is 1. The third kappa shape index (κ3) is 3.71. The van der Waals surface area contributed by atoms with E-state index in [-0.39, 0.29) is 22.7 Å². The fourth-order valence-electron chi connectivity index (χ4n) is 2.82. The molecule has 138 valence electrons. The van der Waals surface area contributed by atoms with Crippen LogP contribution in [0.2, 0.25) is 0 Å². The average Bonchev–Trinajstić information content (AvgIpc) is 2.60. The summed E-state index contributed by atoms with van der Waals surface area (Å²) >= 11 is 0. The number of ketones is 1. The number of aliphatic imine (C=N–C) groups is 1. The zero-order chi connectivity index (χ0) is 19.8. The topological polar surface area (TPSA) is 121 Å². The van der Waals surface area contributed by atoms with Crippen molar-refractivity contribution in [2.75, 3.05) is 0 Å². The number of carboxylic acid groups (broad SMARTS) is 1. The lowest BCUT2D eigenvalue weighted by molar-refractivity contribution is -0.133. The molecule has 7 nitrogen and oxygen atoms in total. The van der Waals surface area contributed by atoms with Crippen molar-refractivity contribution >= 4 is 33.7 Å². The number of rotatable bonds is 4. The van der Waals surface area contributed by atoms with Crippen LogP contribution in [0.15, 0.2) is 57.9 Å². The molecule has 0 radical (unpaired) electrons. The van der Waals surface area contributed by atoms with E-state index < -0.39 is 27.4 Å². The van der Waals surface area contributed by atoms with Gasteiger partial charge in [0.1, 0.15) is 11.3 Å². The first-order valence-electron chi connectivity index (χ1n) is 7.89. The lowest BCUT2D eigenvalue weighted by atomic mass is 9.89.